The topological polar surface area (TPSA) is 3.24 Å². The summed E-state index contributed by atoms with van der Waals surface area (Å²) in [6.07, 6.45) is 0. The lowest BCUT2D eigenvalue weighted by Crippen LogP contribution is -2.28. The number of fused-ring (bicyclic) bond motifs is 6. The van der Waals surface area contributed by atoms with Gasteiger partial charge in [-0.1, -0.05) is 182 Å². The van der Waals surface area contributed by atoms with Crippen molar-refractivity contribution in [2.75, 3.05) is 4.90 Å². The summed E-state index contributed by atoms with van der Waals surface area (Å²) in [4.78, 5) is 2.39. The maximum absolute atomic E-state index is 2.39. The van der Waals surface area contributed by atoms with E-state index in [1.54, 1.807) is 0 Å². The van der Waals surface area contributed by atoms with E-state index in [0.717, 1.165) is 17.1 Å². The zero-order valence-corrected chi connectivity index (χ0v) is 32.0. The van der Waals surface area contributed by atoms with E-state index >= 15 is 0 Å². The number of thiophene rings is 1. The Labute approximate surface area is 337 Å². The molecule has 0 radical (unpaired) electrons. The molecular formula is C55H37NS. The zero-order valence-electron chi connectivity index (χ0n) is 31.2. The third kappa shape index (κ3) is 5.37. The molecule has 0 unspecified atom stereocenters. The van der Waals surface area contributed by atoms with Crippen molar-refractivity contribution < 1.29 is 0 Å². The van der Waals surface area contributed by atoms with Gasteiger partial charge in [-0.3, -0.25) is 0 Å². The Hall–Kier alpha value is -7.00. The van der Waals surface area contributed by atoms with E-state index in [9.17, 15) is 0 Å². The van der Waals surface area contributed by atoms with Crippen LogP contribution in [0.5, 0.6) is 0 Å². The molecule has 10 aromatic rings. The summed E-state index contributed by atoms with van der Waals surface area (Å²) in [5.41, 5.74) is 15.6. The molecule has 0 N–H and O–H groups in total. The molecule has 0 bridgehead atoms. The lowest BCUT2D eigenvalue weighted by Gasteiger charge is -2.34. The highest BCUT2D eigenvalue weighted by Crippen LogP contribution is 2.58. The Morgan fingerprint density at radius 3 is 1.56 bits per heavy atom. The van der Waals surface area contributed by atoms with Crippen LogP contribution < -0.4 is 4.90 Å². The second kappa shape index (κ2) is 13.6. The lowest BCUT2D eigenvalue weighted by molar-refractivity contribution is 0.778. The first-order chi connectivity index (χ1) is 28.3. The molecule has 268 valence electrons. The van der Waals surface area contributed by atoms with Crippen LogP contribution in [0.15, 0.2) is 224 Å². The average Bonchev–Trinajstić information content (AvgIpc) is 3.81. The predicted octanol–water partition coefficient (Wildman–Crippen LogP) is 15.2. The maximum Gasteiger partial charge on any atom is 0.0727 e. The van der Waals surface area contributed by atoms with E-state index < -0.39 is 5.41 Å². The molecule has 1 nitrogen and oxygen atoms in total. The Morgan fingerprint density at radius 1 is 0.333 bits per heavy atom. The first kappa shape index (κ1) is 33.3. The second-order valence-electron chi connectivity index (χ2n) is 14.8. The summed E-state index contributed by atoms with van der Waals surface area (Å²) in [6.45, 7) is 0. The van der Waals surface area contributed by atoms with Crippen LogP contribution in [0.2, 0.25) is 0 Å². The number of hydrogen-bond donors (Lipinski definition) is 0. The molecule has 0 fully saturated rings. The molecule has 1 aliphatic carbocycles. The van der Waals surface area contributed by atoms with Gasteiger partial charge in [-0.25, -0.2) is 0 Å². The van der Waals surface area contributed by atoms with Crippen molar-refractivity contribution in [1.29, 1.82) is 0 Å². The van der Waals surface area contributed by atoms with Crippen LogP contribution in [-0.4, -0.2) is 0 Å². The highest BCUT2D eigenvalue weighted by Gasteiger charge is 2.47. The van der Waals surface area contributed by atoms with Crippen molar-refractivity contribution in [2.45, 2.75) is 5.41 Å². The minimum Gasteiger partial charge on any atom is -0.310 e. The monoisotopic (exact) mass is 743 g/mol. The number of benzene rings is 9. The predicted molar refractivity (Wildman–Crippen MR) is 242 cm³/mol. The van der Waals surface area contributed by atoms with Gasteiger partial charge in [0.2, 0.25) is 0 Å². The Bertz CT molecular complexity index is 3030. The fourth-order valence-corrected chi connectivity index (χ4v) is 10.6. The Kier molecular flexibility index (Phi) is 7.98. The summed E-state index contributed by atoms with van der Waals surface area (Å²) < 4.78 is 2.59. The van der Waals surface area contributed by atoms with Gasteiger partial charge in [-0.15, -0.1) is 11.3 Å². The van der Waals surface area contributed by atoms with Crippen LogP contribution in [0.1, 0.15) is 22.3 Å². The van der Waals surface area contributed by atoms with Gasteiger partial charge in [0.1, 0.15) is 0 Å². The molecule has 0 atom stereocenters. The van der Waals surface area contributed by atoms with Crippen LogP contribution in [0.4, 0.5) is 17.1 Å². The molecule has 1 aromatic heterocycles. The van der Waals surface area contributed by atoms with Gasteiger partial charge in [-0.2, -0.15) is 0 Å². The van der Waals surface area contributed by atoms with Crippen LogP contribution in [0, 0.1) is 0 Å². The van der Waals surface area contributed by atoms with Crippen LogP contribution in [-0.2, 0) is 5.41 Å². The summed E-state index contributed by atoms with van der Waals surface area (Å²) in [7, 11) is 0. The molecule has 0 saturated carbocycles. The third-order valence-corrected chi connectivity index (χ3v) is 12.9. The summed E-state index contributed by atoms with van der Waals surface area (Å²) in [6, 6.07) is 82.3. The van der Waals surface area contributed by atoms with E-state index in [2.05, 4.69) is 229 Å². The van der Waals surface area contributed by atoms with Crippen molar-refractivity contribution in [1.82, 2.24) is 0 Å². The second-order valence-corrected chi connectivity index (χ2v) is 15.9. The zero-order chi connectivity index (χ0) is 37.8. The van der Waals surface area contributed by atoms with Crippen molar-refractivity contribution in [3.63, 3.8) is 0 Å². The SMILES string of the molecule is c1ccc(-c2cccc(-c3cccc(N(c4ccccc4)c4ccc5c(c4)sc4c(C6(c7ccccc7)c7ccccc7-c7ccccc76)cccc45)c3)c2)cc1. The van der Waals surface area contributed by atoms with E-state index in [1.807, 2.05) is 11.3 Å². The number of anilines is 3. The highest BCUT2D eigenvalue weighted by atomic mass is 32.1. The molecule has 9 aromatic carbocycles. The van der Waals surface area contributed by atoms with Gasteiger partial charge in [0.25, 0.3) is 0 Å². The van der Waals surface area contributed by atoms with Crippen LogP contribution >= 0.6 is 11.3 Å². The van der Waals surface area contributed by atoms with Crippen molar-refractivity contribution in [3.05, 3.63) is 247 Å². The van der Waals surface area contributed by atoms with Gasteiger partial charge in [0.05, 0.1) is 5.41 Å². The van der Waals surface area contributed by atoms with Gasteiger partial charge in [0, 0.05) is 37.2 Å². The molecule has 1 aliphatic rings. The summed E-state index contributed by atoms with van der Waals surface area (Å²) in [5.74, 6) is 0. The van der Waals surface area contributed by atoms with E-state index in [4.69, 9.17) is 0 Å². The Morgan fingerprint density at radius 2 is 0.842 bits per heavy atom. The van der Waals surface area contributed by atoms with Gasteiger partial charge >= 0.3 is 0 Å². The van der Waals surface area contributed by atoms with Crippen LogP contribution in [0.25, 0.3) is 53.6 Å². The molecule has 57 heavy (non-hydrogen) atoms. The molecule has 0 spiro atoms. The molecule has 0 aliphatic heterocycles. The van der Waals surface area contributed by atoms with Crippen molar-refractivity contribution in [2.24, 2.45) is 0 Å². The average molecular weight is 744 g/mol. The molecule has 11 rings (SSSR count). The van der Waals surface area contributed by atoms with Gasteiger partial charge in [0.15, 0.2) is 0 Å². The Balaban J connectivity index is 1.09. The van der Waals surface area contributed by atoms with Gasteiger partial charge < -0.3 is 4.90 Å². The van der Waals surface area contributed by atoms with E-state index in [-0.39, 0.29) is 0 Å². The summed E-state index contributed by atoms with van der Waals surface area (Å²) in [5, 5.41) is 2.57. The number of para-hydroxylation sites is 1. The molecular weight excluding hydrogens is 707 g/mol. The molecule has 0 amide bonds. The number of rotatable bonds is 7. The van der Waals surface area contributed by atoms with Gasteiger partial charge in [-0.05, 0) is 98.1 Å². The first-order valence-corrected chi connectivity index (χ1v) is 20.4. The molecule has 1 heterocycles. The third-order valence-electron chi connectivity index (χ3n) is 11.7. The lowest BCUT2D eigenvalue weighted by atomic mass is 9.67. The quantitative estimate of drug-likeness (QED) is 0.157. The standard InChI is InChI=1S/C55H37NS/c1-4-17-38(18-5-1)39-19-14-20-40(35-39)41-21-15-26-44(36-41)56(43-24-8-3-9-25-43)45-33-34-48-49-29-16-32-52(54(49)57-53(48)37-45)55(42-22-6-2-7-23-42)50-30-12-10-27-46(50)47-28-11-13-31-51(47)55/h1-37H. The first-order valence-electron chi connectivity index (χ1n) is 19.6. The molecule has 2 heteroatoms. The highest BCUT2D eigenvalue weighted by molar-refractivity contribution is 7.26. The minimum absolute atomic E-state index is 0.452. The summed E-state index contributed by atoms with van der Waals surface area (Å²) >= 11 is 1.91. The maximum atomic E-state index is 2.39. The molecule has 0 saturated heterocycles. The van der Waals surface area contributed by atoms with Crippen molar-refractivity contribution >= 4 is 48.6 Å². The number of nitrogens with zero attached hydrogens (tertiary/aromatic N) is 1. The van der Waals surface area contributed by atoms with Crippen LogP contribution in [0.3, 0.4) is 0 Å². The largest absolute Gasteiger partial charge is 0.310 e. The minimum atomic E-state index is -0.452. The number of hydrogen-bond acceptors (Lipinski definition) is 2. The normalized spacial score (nSPS) is 12.7. The smallest absolute Gasteiger partial charge is 0.0727 e. The fraction of sp³-hybridized carbons (Fsp3) is 0.0182. The van der Waals surface area contributed by atoms with E-state index in [1.165, 1.54) is 75.8 Å². The fourth-order valence-electron chi connectivity index (χ4n) is 9.26. The van der Waals surface area contributed by atoms with E-state index in [0.29, 0.717) is 0 Å². The van der Waals surface area contributed by atoms with Crippen molar-refractivity contribution in [3.8, 4) is 33.4 Å².